The van der Waals surface area contributed by atoms with Crippen molar-refractivity contribution in [1.29, 1.82) is 0 Å². The SMILES string of the molecule is COCOc1cc2c(cnn2C)cc1-c1ccc2nc(N3CCC(N(C(=O)OC(C)(C)C)C4CC4)C3)ccc2n1. The standard InChI is InChI=1S/C30H36N6O4/c1-30(2,3)40-29(37)36(20-6-7-20)21-12-13-35(17-21)28-11-10-24-25(33-28)9-8-23(32-24)22-14-19-16-31-34(4)26(19)15-27(22)39-18-38-5/h8-11,14-16,20-21H,6-7,12-13,17-18H2,1-5H3. The minimum atomic E-state index is -0.505. The summed E-state index contributed by atoms with van der Waals surface area (Å²) < 4.78 is 18.6. The van der Waals surface area contributed by atoms with Crippen LogP contribution in [0.25, 0.3) is 33.2 Å². The van der Waals surface area contributed by atoms with Crippen LogP contribution in [0.15, 0.2) is 42.6 Å². The third-order valence-corrected chi connectivity index (χ3v) is 7.41. The van der Waals surface area contributed by atoms with Crippen molar-refractivity contribution in [3.05, 3.63) is 42.6 Å². The normalized spacial score (nSPS) is 17.5. The molecule has 2 aliphatic rings. The molecule has 0 N–H and O–H groups in total. The summed E-state index contributed by atoms with van der Waals surface area (Å²) in [6.07, 6.45) is 4.62. The molecule has 4 heterocycles. The summed E-state index contributed by atoms with van der Waals surface area (Å²) in [7, 11) is 3.51. The fourth-order valence-electron chi connectivity index (χ4n) is 5.39. The first-order valence-corrected chi connectivity index (χ1v) is 13.8. The molecule has 1 amide bonds. The van der Waals surface area contributed by atoms with Gasteiger partial charge in [0, 0.05) is 50.3 Å². The van der Waals surface area contributed by atoms with Crippen LogP contribution in [0.2, 0.25) is 0 Å². The largest absolute Gasteiger partial charge is 0.467 e. The molecule has 1 saturated heterocycles. The van der Waals surface area contributed by atoms with Gasteiger partial charge < -0.3 is 24.0 Å². The van der Waals surface area contributed by atoms with E-state index in [0.717, 1.165) is 71.4 Å². The molecule has 1 unspecified atom stereocenters. The van der Waals surface area contributed by atoms with E-state index in [1.54, 1.807) is 7.11 Å². The Hall–Kier alpha value is -3.92. The van der Waals surface area contributed by atoms with Crippen LogP contribution in [0.3, 0.4) is 0 Å². The van der Waals surface area contributed by atoms with Crippen molar-refractivity contribution in [3.63, 3.8) is 0 Å². The second-order valence-corrected chi connectivity index (χ2v) is 11.6. The number of aryl methyl sites for hydroxylation is 1. The van der Waals surface area contributed by atoms with E-state index in [-0.39, 0.29) is 25.0 Å². The van der Waals surface area contributed by atoms with Gasteiger partial charge in [-0.2, -0.15) is 5.10 Å². The maximum atomic E-state index is 13.0. The zero-order valence-electron chi connectivity index (χ0n) is 23.8. The summed E-state index contributed by atoms with van der Waals surface area (Å²) in [4.78, 5) is 27.1. The third kappa shape index (κ3) is 5.28. The minimum Gasteiger partial charge on any atom is -0.467 e. The summed E-state index contributed by atoms with van der Waals surface area (Å²) in [6, 6.07) is 12.4. The highest BCUT2D eigenvalue weighted by Gasteiger charge is 2.42. The number of benzene rings is 1. The highest BCUT2D eigenvalue weighted by atomic mass is 16.7. The molecule has 40 heavy (non-hydrogen) atoms. The Kier molecular flexibility index (Phi) is 6.74. The number of amides is 1. The Morgan fingerprint density at radius 2 is 1.82 bits per heavy atom. The van der Waals surface area contributed by atoms with Gasteiger partial charge in [0.2, 0.25) is 0 Å². The van der Waals surface area contributed by atoms with Crippen LogP contribution < -0.4 is 9.64 Å². The predicted octanol–water partition coefficient (Wildman–Crippen LogP) is 5.14. The number of carbonyl (C=O) groups is 1. The first kappa shape index (κ1) is 26.3. The van der Waals surface area contributed by atoms with Crippen LogP contribution in [0.5, 0.6) is 5.75 Å². The van der Waals surface area contributed by atoms with E-state index in [1.807, 2.05) is 80.0 Å². The second-order valence-electron chi connectivity index (χ2n) is 11.6. The maximum Gasteiger partial charge on any atom is 0.410 e. The van der Waals surface area contributed by atoms with Gasteiger partial charge in [-0.25, -0.2) is 14.8 Å². The molecule has 1 atom stereocenters. The number of methoxy groups -OCH3 is 1. The minimum absolute atomic E-state index is 0.119. The van der Waals surface area contributed by atoms with Gasteiger partial charge in [0.1, 0.15) is 17.2 Å². The molecule has 0 bridgehead atoms. The van der Waals surface area contributed by atoms with Crippen LogP contribution in [0, 0.1) is 0 Å². The lowest BCUT2D eigenvalue weighted by Gasteiger charge is -2.31. The van der Waals surface area contributed by atoms with Gasteiger partial charge in [0.25, 0.3) is 0 Å². The van der Waals surface area contributed by atoms with Gasteiger partial charge in [0.15, 0.2) is 6.79 Å². The van der Waals surface area contributed by atoms with E-state index in [2.05, 4.69) is 10.00 Å². The molecule has 4 aromatic rings. The van der Waals surface area contributed by atoms with Crippen LogP contribution in [0.4, 0.5) is 10.6 Å². The number of nitrogens with zero attached hydrogens (tertiary/aromatic N) is 6. The number of anilines is 1. The van der Waals surface area contributed by atoms with Gasteiger partial charge >= 0.3 is 6.09 Å². The molecule has 0 spiro atoms. The van der Waals surface area contributed by atoms with Gasteiger partial charge in [-0.05, 0) is 70.4 Å². The summed E-state index contributed by atoms with van der Waals surface area (Å²) in [6.45, 7) is 7.47. The summed E-state index contributed by atoms with van der Waals surface area (Å²) in [5, 5.41) is 5.38. The lowest BCUT2D eigenvalue weighted by atomic mass is 10.1. The van der Waals surface area contributed by atoms with Crippen LogP contribution >= 0.6 is 0 Å². The highest BCUT2D eigenvalue weighted by molar-refractivity contribution is 5.89. The first-order chi connectivity index (χ1) is 19.2. The third-order valence-electron chi connectivity index (χ3n) is 7.41. The number of ether oxygens (including phenoxy) is 3. The lowest BCUT2D eigenvalue weighted by molar-refractivity contribution is 0.0158. The summed E-state index contributed by atoms with van der Waals surface area (Å²) in [5.74, 6) is 1.58. The number of hydrogen-bond acceptors (Lipinski definition) is 8. The second kappa shape index (κ2) is 10.2. The Morgan fingerprint density at radius 1 is 1.05 bits per heavy atom. The quantitative estimate of drug-likeness (QED) is 0.295. The number of fused-ring (bicyclic) bond motifs is 2. The van der Waals surface area contributed by atoms with Crippen molar-refractivity contribution < 1.29 is 19.0 Å². The molecule has 10 heteroatoms. The van der Waals surface area contributed by atoms with Gasteiger partial charge in [-0.3, -0.25) is 4.68 Å². The Balaban J connectivity index is 1.24. The summed E-state index contributed by atoms with van der Waals surface area (Å²) in [5.41, 5.74) is 3.74. The van der Waals surface area contributed by atoms with Crippen molar-refractivity contribution in [3.8, 4) is 17.0 Å². The first-order valence-electron chi connectivity index (χ1n) is 13.8. The maximum absolute atomic E-state index is 13.0. The van der Waals surface area contributed by atoms with Crippen molar-refractivity contribution >= 4 is 33.8 Å². The molecule has 1 aliphatic carbocycles. The smallest absolute Gasteiger partial charge is 0.410 e. The van der Waals surface area contributed by atoms with Crippen molar-refractivity contribution in [2.75, 3.05) is 31.9 Å². The average molecular weight is 545 g/mol. The van der Waals surface area contributed by atoms with E-state index in [1.165, 1.54) is 0 Å². The molecule has 1 saturated carbocycles. The zero-order chi connectivity index (χ0) is 28.0. The van der Waals surface area contributed by atoms with Crippen molar-refractivity contribution in [2.24, 2.45) is 7.05 Å². The average Bonchev–Trinajstić information content (AvgIpc) is 3.51. The van der Waals surface area contributed by atoms with Gasteiger partial charge in [-0.1, -0.05) is 0 Å². The Bertz CT molecular complexity index is 1560. The molecule has 10 nitrogen and oxygen atoms in total. The molecule has 1 aliphatic heterocycles. The van der Waals surface area contributed by atoms with Crippen molar-refractivity contribution in [2.45, 2.75) is 57.7 Å². The molecular formula is C30H36N6O4. The summed E-state index contributed by atoms with van der Waals surface area (Å²) >= 11 is 0. The number of hydrogen-bond donors (Lipinski definition) is 0. The Morgan fingerprint density at radius 3 is 2.58 bits per heavy atom. The fraction of sp³-hybridized carbons (Fsp3) is 0.467. The van der Waals surface area contributed by atoms with E-state index in [9.17, 15) is 4.79 Å². The Labute approximate surface area is 233 Å². The molecule has 6 rings (SSSR count). The number of aromatic nitrogens is 4. The van der Waals surface area contributed by atoms with E-state index in [4.69, 9.17) is 24.2 Å². The number of pyridine rings is 2. The topological polar surface area (TPSA) is 94.8 Å². The number of carbonyl (C=O) groups excluding carboxylic acids is 1. The molecular weight excluding hydrogens is 508 g/mol. The molecule has 1 aromatic carbocycles. The van der Waals surface area contributed by atoms with E-state index >= 15 is 0 Å². The van der Waals surface area contributed by atoms with E-state index in [0.29, 0.717) is 5.75 Å². The van der Waals surface area contributed by atoms with Crippen molar-refractivity contribution in [1.82, 2.24) is 24.6 Å². The van der Waals surface area contributed by atoms with Gasteiger partial charge in [-0.15, -0.1) is 0 Å². The zero-order valence-corrected chi connectivity index (χ0v) is 23.8. The van der Waals surface area contributed by atoms with Crippen LogP contribution in [-0.2, 0) is 16.5 Å². The molecule has 0 radical (unpaired) electrons. The van der Waals surface area contributed by atoms with E-state index < -0.39 is 5.60 Å². The fourth-order valence-corrected chi connectivity index (χ4v) is 5.39. The lowest BCUT2D eigenvalue weighted by Crippen LogP contribution is -2.46. The number of rotatable bonds is 7. The molecule has 3 aromatic heterocycles. The van der Waals surface area contributed by atoms with Crippen LogP contribution in [-0.4, -0.2) is 75.4 Å². The molecule has 2 fully saturated rings. The highest BCUT2D eigenvalue weighted by Crippen LogP contribution is 2.36. The van der Waals surface area contributed by atoms with Crippen LogP contribution in [0.1, 0.15) is 40.0 Å². The monoisotopic (exact) mass is 544 g/mol. The molecule has 210 valence electrons. The predicted molar refractivity (Wildman–Crippen MR) is 153 cm³/mol. The van der Waals surface area contributed by atoms with Gasteiger partial charge in [0.05, 0.1) is 34.5 Å².